The molecule has 0 atom stereocenters. The number of hydrogen-bond acceptors (Lipinski definition) is 3. The lowest BCUT2D eigenvalue weighted by Gasteiger charge is -2.06. The van der Waals surface area contributed by atoms with E-state index in [0.717, 1.165) is 11.3 Å². The molecule has 0 spiro atoms. The molecule has 0 amide bonds. The van der Waals surface area contributed by atoms with Crippen LogP contribution in [0.4, 0.5) is 0 Å². The predicted octanol–water partition coefficient (Wildman–Crippen LogP) is 2.99. The van der Waals surface area contributed by atoms with E-state index in [2.05, 4.69) is 4.98 Å². The van der Waals surface area contributed by atoms with Crippen molar-refractivity contribution in [3.63, 3.8) is 0 Å². The second kappa shape index (κ2) is 5.49. The second-order valence-electron chi connectivity index (χ2n) is 5.10. The first-order valence-electron chi connectivity index (χ1n) is 7.06. The fourth-order valence-electron chi connectivity index (χ4n) is 2.27. The van der Waals surface area contributed by atoms with E-state index in [-0.39, 0.29) is 5.97 Å². The molecule has 104 valence electrons. The Morgan fingerprint density at radius 3 is 2.75 bits per heavy atom. The molecule has 0 bridgehead atoms. The maximum absolute atomic E-state index is 12.0. The molecule has 4 nitrogen and oxygen atoms in total. The second-order valence-corrected chi connectivity index (χ2v) is 5.10. The summed E-state index contributed by atoms with van der Waals surface area (Å²) in [5.74, 6) is 0.605. The van der Waals surface area contributed by atoms with Crippen molar-refractivity contribution < 1.29 is 9.53 Å². The Balaban J connectivity index is 1.89. The lowest BCUT2D eigenvalue weighted by molar-refractivity contribution is 0.0507. The Labute approximate surface area is 118 Å². The van der Waals surface area contributed by atoms with E-state index in [4.69, 9.17) is 4.74 Å². The van der Waals surface area contributed by atoms with Gasteiger partial charge in [0.05, 0.1) is 12.3 Å². The van der Waals surface area contributed by atoms with Crippen LogP contribution < -0.4 is 0 Å². The molecular weight excluding hydrogens is 252 g/mol. The number of esters is 1. The highest BCUT2D eigenvalue weighted by molar-refractivity contribution is 5.85. The summed E-state index contributed by atoms with van der Waals surface area (Å²) in [5.41, 5.74) is 2.17. The summed E-state index contributed by atoms with van der Waals surface area (Å²) in [6.45, 7) is 2.83. The van der Waals surface area contributed by atoms with Crippen LogP contribution in [0.25, 0.3) is 0 Å². The Hall–Kier alpha value is -2.10. The molecule has 1 saturated carbocycles. The van der Waals surface area contributed by atoms with Crippen molar-refractivity contribution in [2.24, 2.45) is 0 Å². The van der Waals surface area contributed by atoms with Crippen LogP contribution in [0.5, 0.6) is 0 Å². The molecule has 0 unspecified atom stereocenters. The summed E-state index contributed by atoms with van der Waals surface area (Å²) < 4.78 is 7.00. The molecule has 0 aliphatic heterocycles. The highest BCUT2D eigenvalue weighted by atomic mass is 16.5. The van der Waals surface area contributed by atoms with Gasteiger partial charge in [0.15, 0.2) is 0 Å². The zero-order valence-electron chi connectivity index (χ0n) is 11.6. The molecule has 2 aromatic rings. The number of hydrogen-bond donors (Lipinski definition) is 0. The minimum Gasteiger partial charge on any atom is -0.460 e. The summed E-state index contributed by atoms with van der Waals surface area (Å²) in [5, 5.41) is 0. The molecular formula is C16H18N2O2. The van der Waals surface area contributed by atoms with Crippen molar-refractivity contribution in [1.29, 1.82) is 0 Å². The van der Waals surface area contributed by atoms with Crippen LogP contribution in [0.2, 0.25) is 0 Å². The third-order valence-corrected chi connectivity index (χ3v) is 3.44. The van der Waals surface area contributed by atoms with E-state index in [1.165, 1.54) is 12.8 Å². The molecule has 0 N–H and O–H groups in total. The van der Waals surface area contributed by atoms with E-state index < -0.39 is 0 Å². The average Bonchev–Trinajstić information content (AvgIpc) is 3.22. The number of rotatable bonds is 5. The minimum atomic E-state index is -0.338. The van der Waals surface area contributed by atoms with Crippen molar-refractivity contribution in [2.45, 2.75) is 32.2 Å². The smallest absolute Gasteiger partial charge is 0.374 e. The van der Waals surface area contributed by atoms with Crippen LogP contribution in [0.3, 0.4) is 0 Å². The van der Waals surface area contributed by atoms with Crippen LogP contribution >= 0.6 is 0 Å². The van der Waals surface area contributed by atoms with Gasteiger partial charge < -0.3 is 9.30 Å². The molecule has 0 radical (unpaired) electrons. The van der Waals surface area contributed by atoms with Crippen molar-refractivity contribution in [3.05, 3.63) is 53.6 Å². The number of nitrogens with zero attached hydrogens (tertiary/aromatic N) is 2. The monoisotopic (exact) mass is 270 g/mol. The number of ether oxygens (including phenoxy) is 1. The molecule has 1 heterocycles. The Morgan fingerprint density at radius 1 is 1.35 bits per heavy atom. The van der Waals surface area contributed by atoms with Crippen molar-refractivity contribution in [3.8, 4) is 0 Å². The number of carbonyl (C=O) groups excluding carboxylic acids is 1. The van der Waals surface area contributed by atoms with Gasteiger partial charge in [-0.1, -0.05) is 30.3 Å². The lowest BCUT2D eigenvalue weighted by atomic mass is 10.2. The van der Waals surface area contributed by atoms with Gasteiger partial charge in [0.1, 0.15) is 0 Å². The fourth-order valence-corrected chi connectivity index (χ4v) is 2.27. The predicted molar refractivity (Wildman–Crippen MR) is 75.7 cm³/mol. The maximum atomic E-state index is 12.0. The van der Waals surface area contributed by atoms with E-state index in [1.54, 1.807) is 0 Å². The highest BCUT2D eigenvalue weighted by Crippen LogP contribution is 2.39. The molecule has 1 aliphatic rings. The van der Waals surface area contributed by atoms with Crippen LogP contribution in [0.15, 0.2) is 36.5 Å². The van der Waals surface area contributed by atoms with Gasteiger partial charge in [-0.05, 0) is 25.3 Å². The summed E-state index contributed by atoms with van der Waals surface area (Å²) >= 11 is 0. The third-order valence-electron chi connectivity index (χ3n) is 3.44. The van der Waals surface area contributed by atoms with Gasteiger partial charge in [0, 0.05) is 18.7 Å². The maximum Gasteiger partial charge on any atom is 0.374 e. The first-order chi connectivity index (χ1) is 9.78. The molecule has 20 heavy (non-hydrogen) atoms. The van der Waals surface area contributed by atoms with Crippen LogP contribution in [-0.4, -0.2) is 22.1 Å². The van der Waals surface area contributed by atoms with Gasteiger partial charge >= 0.3 is 5.97 Å². The molecule has 1 aliphatic carbocycles. The topological polar surface area (TPSA) is 44.1 Å². The minimum absolute atomic E-state index is 0.338. The fraction of sp³-hybridized carbons (Fsp3) is 0.375. The van der Waals surface area contributed by atoms with Crippen molar-refractivity contribution in [1.82, 2.24) is 9.55 Å². The number of carbonyl (C=O) groups is 1. The average molecular weight is 270 g/mol. The molecule has 3 rings (SSSR count). The standard InChI is InChI=1S/C16H18N2O2/c1-2-20-16(19)15-17-14(13-8-9-13)11-18(15)10-12-6-4-3-5-7-12/h3-7,11,13H,2,8-10H2,1H3. The number of aromatic nitrogens is 2. The van der Waals surface area contributed by atoms with Crippen LogP contribution in [0.1, 0.15) is 47.6 Å². The quantitative estimate of drug-likeness (QED) is 0.784. The van der Waals surface area contributed by atoms with Crippen molar-refractivity contribution >= 4 is 5.97 Å². The third kappa shape index (κ3) is 2.74. The number of imidazole rings is 1. The normalized spacial score (nSPS) is 14.2. The Kier molecular flexibility index (Phi) is 3.54. The van der Waals surface area contributed by atoms with Gasteiger partial charge in [-0.2, -0.15) is 0 Å². The van der Waals surface area contributed by atoms with Gasteiger partial charge in [-0.15, -0.1) is 0 Å². The van der Waals surface area contributed by atoms with Crippen LogP contribution in [0, 0.1) is 0 Å². The first kappa shape index (κ1) is 12.9. The van der Waals surface area contributed by atoms with Crippen molar-refractivity contribution in [2.75, 3.05) is 6.61 Å². The van der Waals surface area contributed by atoms with Gasteiger partial charge in [0.25, 0.3) is 0 Å². The Morgan fingerprint density at radius 2 is 2.10 bits per heavy atom. The highest BCUT2D eigenvalue weighted by Gasteiger charge is 2.29. The summed E-state index contributed by atoms with van der Waals surface area (Å²) in [6, 6.07) is 10.1. The number of benzene rings is 1. The van der Waals surface area contributed by atoms with Gasteiger partial charge in [0.2, 0.25) is 5.82 Å². The van der Waals surface area contributed by atoms with Gasteiger partial charge in [-0.25, -0.2) is 9.78 Å². The van der Waals surface area contributed by atoms with E-state index in [0.29, 0.717) is 24.9 Å². The summed E-state index contributed by atoms with van der Waals surface area (Å²) in [4.78, 5) is 16.5. The SMILES string of the molecule is CCOC(=O)c1nc(C2CC2)cn1Cc1ccccc1. The molecule has 4 heteroatoms. The Bertz CT molecular complexity index is 600. The summed E-state index contributed by atoms with van der Waals surface area (Å²) in [6.07, 6.45) is 4.34. The zero-order valence-corrected chi connectivity index (χ0v) is 11.6. The first-order valence-corrected chi connectivity index (χ1v) is 7.06. The summed E-state index contributed by atoms with van der Waals surface area (Å²) in [7, 11) is 0. The molecule has 1 aromatic heterocycles. The molecule has 1 aromatic carbocycles. The van der Waals surface area contributed by atoms with Crippen LogP contribution in [-0.2, 0) is 11.3 Å². The largest absolute Gasteiger partial charge is 0.460 e. The zero-order chi connectivity index (χ0) is 13.9. The molecule has 1 fully saturated rings. The van der Waals surface area contributed by atoms with E-state index in [1.807, 2.05) is 48.0 Å². The van der Waals surface area contributed by atoms with E-state index >= 15 is 0 Å². The molecule has 0 saturated heterocycles. The van der Waals surface area contributed by atoms with Gasteiger partial charge in [-0.3, -0.25) is 0 Å². The van der Waals surface area contributed by atoms with E-state index in [9.17, 15) is 4.79 Å². The lowest BCUT2D eigenvalue weighted by Crippen LogP contribution is -2.13.